The summed E-state index contributed by atoms with van der Waals surface area (Å²) >= 11 is 0. The maximum absolute atomic E-state index is 11.5. The largest absolute Gasteiger partial charge is 0.494 e. The maximum Gasteiger partial charge on any atom is 0.224 e. The van der Waals surface area contributed by atoms with Crippen LogP contribution in [0.2, 0.25) is 0 Å². The summed E-state index contributed by atoms with van der Waals surface area (Å²) in [7, 11) is 0. The van der Waals surface area contributed by atoms with E-state index in [2.05, 4.69) is 20.9 Å². The minimum atomic E-state index is 0. The SMILES string of the molecule is CCNC(=NCc1ccccc1OCC)NCCOc1ccc2c(c1)CCC(=O)N2.I. The van der Waals surface area contributed by atoms with Crippen LogP contribution in [0.1, 0.15) is 31.4 Å². The van der Waals surface area contributed by atoms with Crippen LogP contribution in [0.5, 0.6) is 11.5 Å². The first-order chi connectivity index (χ1) is 14.7. The topological polar surface area (TPSA) is 84.0 Å². The maximum atomic E-state index is 11.5. The van der Waals surface area contributed by atoms with E-state index >= 15 is 0 Å². The number of fused-ring (bicyclic) bond motifs is 1. The lowest BCUT2D eigenvalue weighted by molar-refractivity contribution is -0.116. The summed E-state index contributed by atoms with van der Waals surface area (Å²) in [4.78, 5) is 16.1. The highest BCUT2D eigenvalue weighted by molar-refractivity contribution is 14.0. The number of benzene rings is 2. The van der Waals surface area contributed by atoms with Crippen molar-refractivity contribution < 1.29 is 14.3 Å². The van der Waals surface area contributed by atoms with Gasteiger partial charge in [-0.1, -0.05) is 18.2 Å². The number of nitrogens with zero attached hydrogens (tertiary/aromatic N) is 1. The fourth-order valence-electron chi connectivity index (χ4n) is 3.22. The minimum Gasteiger partial charge on any atom is -0.494 e. The van der Waals surface area contributed by atoms with Crippen molar-refractivity contribution in [3.63, 3.8) is 0 Å². The zero-order chi connectivity index (χ0) is 21.2. The number of hydrogen-bond acceptors (Lipinski definition) is 4. The summed E-state index contributed by atoms with van der Waals surface area (Å²) in [6.45, 7) is 7.07. The van der Waals surface area contributed by atoms with Gasteiger partial charge >= 0.3 is 0 Å². The zero-order valence-electron chi connectivity index (χ0n) is 18.1. The molecule has 1 amide bonds. The highest BCUT2D eigenvalue weighted by Gasteiger charge is 2.15. The number of aliphatic imine (C=N–C) groups is 1. The molecule has 0 spiro atoms. The normalized spacial score (nSPS) is 12.8. The van der Waals surface area contributed by atoms with Gasteiger partial charge in [0.1, 0.15) is 18.1 Å². The molecule has 2 aromatic carbocycles. The van der Waals surface area contributed by atoms with Crippen molar-refractivity contribution in [3.05, 3.63) is 53.6 Å². The van der Waals surface area contributed by atoms with Gasteiger partial charge in [-0.25, -0.2) is 4.99 Å². The number of guanidine groups is 1. The smallest absolute Gasteiger partial charge is 0.224 e. The summed E-state index contributed by atoms with van der Waals surface area (Å²) in [6, 6.07) is 13.7. The van der Waals surface area contributed by atoms with E-state index in [1.165, 1.54) is 0 Å². The highest BCUT2D eigenvalue weighted by Crippen LogP contribution is 2.26. The van der Waals surface area contributed by atoms with E-state index in [1.807, 2.05) is 56.3 Å². The zero-order valence-corrected chi connectivity index (χ0v) is 20.4. The van der Waals surface area contributed by atoms with Gasteiger partial charge in [0.2, 0.25) is 5.91 Å². The monoisotopic (exact) mass is 538 g/mol. The number of carbonyl (C=O) groups excluding carboxylic acids is 1. The molecule has 0 fully saturated rings. The van der Waals surface area contributed by atoms with E-state index in [9.17, 15) is 4.79 Å². The fourth-order valence-corrected chi connectivity index (χ4v) is 3.22. The average molecular weight is 538 g/mol. The summed E-state index contributed by atoms with van der Waals surface area (Å²) in [5.41, 5.74) is 3.04. The second-order valence-electron chi connectivity index (χ2n) is 6.88. The fraction of sp³-hybridized carbons (Fsp3) is 0.391. The van der Waals surface area contributed by atoms with Crippen LogP contribution >= 0.6 is 24.0 Å². The van der Waals surface area contributed by atoms with E-state index < -0.39 is 0 Å². The molecule has 8 heteroatoms. The Morgan fingerprint density at radius 2 is 1.94 bits per heavy atom. The lowest BCUT2D eigenvalue weighted by Crippen LogP contribution is -2.39. The third-order valence-electron chi connectivity index (χ3n) is 4.66. The molecule has 7 nitrogen and oxygen atoms in total. The predicted octanol–water partition coefficient (Wildman–Crippen LogP) is 3.72. The number of anilines is 1. The summed E-state index contributed by atoms with van der Waals surface area (Å²) < 4.78 is 11.5. The highest BCUT2D eigenvalue weighted by atomic mass is 127. The molecule has 0 saturated heterocycles. The Balaban J connectivity index is 0.00000341. The first kappa shape index (κ1) is 24.8. The number of carbonyl (C=O) groups is 1. The number of nitrogens with one attached hydrogen (secondary N) is 3. The molecule has 1 aliphatic rings. The molecule has 31 heavy (non-hydrogen) atoms. The second-order valence-corrected chi connectivity index (χ2v) is 6.88. The van der Waals surface area contributed by atoms with Crippen LogP contribution in [0, 0.1) is 0 Å². The molecule has 3 rings (SSSR count). The Hall–Kier alpha value is -2.49. The number of amides is 1. The molecule has 1 heterocycles. The van der Waals surface area contributed by atoms with Gasteiger partial charge in [-0.15, -0.1) is 24.0 Å². The van der Waals surface area contributed by atoms with Crippen LogP contribution < -0.4 is 25.4 Å². The molecule has 0 radical (unpaired) electrons. The van der Waals surface area contributed by atoms with Crippen molar-refractivity contribution >= 4 is 41.5 Å². The molecule has 0 atom stereocenters. The van der Waals surface area contributed by atoms with Crippen LogP contribution in [0.3, 0.4) is 0 Å². The van der Waals surface area contributed by atoms with Crippen LogP contribution in [-0.4, -0.2) is 38.2 Å². The van der Waals surface area contributed by atoms with Crippen molar-refractivity contribution in [1.82, 2.24) is 10.6 Å². The quantitative estimate of drug-likeness (QED) is 0.196. The third kappa shape index (κ3) is 7.61. The molecule has 0 saturated carbocycles. The van der Waals surface area contributed by atoms with Crippen molar-refractivity contribution in [2.75, 3.05) is 31.6 Å². The molecular weight excluding hydrogens is 507 g/mol. The lowest BCUT2D eigenvalue weighted by Gasteiger charge is -2.18. The Bertz CT molecular complexity index is 889. The summed E-state index contributed by atoms with van der Waals surface area (Å²) in [5, 5.41) is 9.43. The van der Waals surface area contributed by atoms with Gasteiger partial charge in [-0.2, -0.15) is 0 Å². The molecule has 2 aromatic rings. The number of aryl methyl sites for hydroxylation is 1. The van der Waals surface area contributed by atoms with E-state index in [-0.39, 0.29) is 29.9 Å². The van der Waals surface area contributed by atoms with Crippen molar-refractivity contribution in [2.45, 2.75) is 33.2 Å². The van der Waals surface area contributed by atoms with Gasteiger partial charge in [0.05, 0.1) is 19.7 Å². The Morgan fingerprint density at radius 1 is 1.10 bits per heavy atom. The summed E-state index contributed by atoms with van der Waals surface area (Å²) in [6.07, 6.45) is 1.27. The molecule has 0 unspecified atom stereocenters. The number of hydrogen-bond donors (Lipinski definition) is 3. The average Bonchev–Trinajstić information content (AvgIpc) is 2.76. The first-order valence-corrected chi connectivity index (χ1v) is 10.5. The van der Waals surface area contributed by atoms with Gasteiger partial charge in [0, 0.05) is 24.2 Å². The number of ether oxygens (including phenoxy) is 2. The number of halogens is 1. The lowest BCUT2D eigenvalue weighted by atomic mass is 10.0. The van der Waals surface area contributed by atoms with E-state index in [1.54, 1.807) is 0 Å². The molecule has 3 N–H and O–H groups in total. The Labute approximate surface area is 201 Å². The van der Waals surface area contributed by atoms with Crippen LogP contribution in [-0.2, 0) is 17.8 Å². The first-order valence-electron chi connectivity index (χ1n) is 10.5. The molecule has 1 aliphatic heterocycles. The van der Waals surface area contributed by atoms with Crippen LogP contribution in [0.25, 0.3) is 0 Å². The standard InChI is InChI=1S/C23H30N4O3.HI/c1-3-24-23(26-16-18-7-5-6-8-21(18)29-4-2)25-13-14-30-19-10-11-20-17(15-19)9-12-22(28)27-20;/h5-8,10-11,15H,3-4,9,12-14,16H2,1-2H3,(H,27,28)(H2,24,25,26);1H. The number of para-hydroxylation sites is 1. The van der Waals surface area contributed by atoms with E-state index in [0.717, 1.165) is 47.2 Å². The van der Waals surface area contributed by atoms with Crippen molar-refractivity contribution in [2.24, 2.45) is 4.99 Å². The Morgan fingerprint density at radius 3 is 2.74 bits per heavy atom. The van der Waals surface area contributed by atoms with Crippen LogP contribution in [0.4, 0.5) is 5.69 Å². The predicted molar refractivity (Wildman–Crippen MR) is 135 cm³/mol. The van der Waals surface area contributed by atoms with E-state index in [4.69, 9.17) is 9.47 Å². The number of rotatable bonds is 9. The third-order valence-corrected chi connectivity index (χ3v) is 4.66. The van der Waals surface area contributed by atoms with Gasteiger partial charge < -0.3 is 25.4 Å². The van der Waals surface area contributed by atoms with Crippen LogP contribution in [0.15, 0.2) is 47.5 Å². The minimum absolute atomic E-state index is 0. The van der Waals surface area contributed by atoms with Gasteiger partial charge in [0.15, 0.2) is 5.96 Å². The molecular formula is C23H31IN4O3. The van der Waals surface area contributed by atoms with E-state index in [0.29, 0.717) is 32.7 Å². The second kappa shape index (κ2) is 13.0. The molecule has 0 bridgehead atoms. The van der Waals surface area contributed by atoms with Gasteiger partial charge in [-0.05, 0) is 50.1 Å². The molecule has 0 aliphatic carbocycles. The van der Waals surface area contributed by atoms with Gasteiger partial charge in [0.25, 0.3) is 0 Å². The van der Waals surface area contributed by atoms with Gasteiger partial charge in [-0.3, -0.25) is 4.79 Å². The van der Waals surface area contributed by atoms with Crippen molar-refractivity contribution in [1.29, 1.82) is 0 Å². The molecule has 168 valence electrons. The summed E-state index contributed by atoms with van der Waals surface area (Å²) in [5.74, 6) is 2.48. The Kier molecular flexibility index (Phi) is 10.4. The van der Waals surface area contributed by atoms with Crippen molar-refractivity contribution in [3.8, 4) is 11.5 Å². The molecule has 0 aromatic heterocycles.